The van der Waals surface area contributed by atoms with Gasteiger partial charge in [-0.2, -0.15) is 5.10 Å². The number of H-pyrrole nitrogens is 1. The molecule has 2 bridgehead atoms. The number of carbonyl (C=O) groups excluding carboxylic acids is 1. The van der Waals surface area contributed by atoms with Crippen molar-refractivity contribution in [3.05, 3.63) is 58.0 Å². The summed E-state index contributed by atoms with van der Waals surface area (Å²) >= 11 is 0. The van der Waals surface area contributed by atoms with Gasteiger partial charge in [0.25, 0.3) is 11.5 Å². The molecule has 30 heavy (non-hydrogen) atoms. The molecule has 0 saturated carbocycles. The van der Waals surface area contributed by atoms with E-state index in [2.05, 4.69) is 22.0 Å². The predicted molar refractivity (Wildman–Crippen MR) is 112 cm³/mol. The summed E-state index contributed by atoms with van der Waals surface area (Å²) in [6.45, 7) is 6.82. The lowest BCUT2D eigenvalue weighted by molar-refractivity contribution is 0.0594. The Labute approximate surface area is 174 Å². The minimum absolute atomic E-state index is 0.00591. The Morgan fingerprint density at radius 2 is 2.13 bits per heavy atom. The van der Waals surface area contributed by atoms with Crippen LogP contribution in [-0.4, -0.2) is 48.2 Å². The fraction of sp³-hybridized carbons (Fsp3) is 0.455. The Kier molecular flexibility index (Phi) is 4.56. The first-order valence-electron chi connectivity index (χ1n) is 10.6. The maximum absolute atomic E-state index is 13.2. The van der Waals surface area contributed by atoms with Gasteiger partial charge in [0, 0.05) is 55.9 Å². The SMILES string of the molecule is CCCn1ncc(C(=O)N2C[C@@H]3C[C@H](C2)c2ccc(-c4ncc[nH]4)c(=O)n2C3)c1C. The highest BCUT2D eigenvalue weighted by molar-refractivity contribution is 5.95. The lowest BCUT2D eigenvalue weighted by Gasteiger charge is -2.42. The molecule has 0 aromatic carbocycles. The molecule has 2 aliphatic rings. The summed E-state index contributed by atoms with van der Waals surface area (Å²) in [6.07, 6.45) is 7.07. The van der Waals surface area contributed by atoms with Gasteiger partial charge in [0.15, 0.2) is 0 Å². The molecule has 3 aromatic rings. The van der Waals surface area contributed by atoms with E-state index < -0.39 is 0 Å². The van der Waals surface area contributed by atoms with E-state index in [1.165, 1.54) is 0 Å². The van der Waals surface area contributed by atoms with Crippen LogP contribution in [0.25, 0.3) is 11.4 Å². The molecule has 3 aromatic heterocycles. The zero-order valence-corrected chi connectivity index (χ0v) is 17.3. The van der Waals surface area contributed by atoms with E-state index in [0.717, 1.165) is 30.8 Å². The van der Waals surface area contributed by atoms with Crippen molar-refractivity contribution in [2.24, 2.45) is 5.92 Å². The highest BCUT2D eigenvalue weighted by atomic mass is 16.2. The number of carbonyl (C=O) groups is 1. The number of amides is 1. The van der Waals surface area contributed by atoms with E-state index in [9.17, 15) is 9.59 Å². The molecule has 5 heterocycles. The molecule has 8 heteroatoms. The Bertz CT molecular complexity index is 1140. The summed E-state index contributed by atoms with van der Waals surface area (Å²) in [5.74, 6) is 1.09. The molecule has 1 fully saturated rings. The maximum Gasteiger partial charge on any atom is 0.261 e. The van der Waals surface area contributed by atoms with Gasteiger partial charge in [-0.25, -0.2) is 4.98 Å². The lowest BCUT2D eigenvalue weighted by atomic mass is 9.82. The number of rotatable bonds is 4. The van der Waals surface area contributed by atoms with Crippen molar-refractivity contribution in [2.45, 2.75) is 45.7 Å². The zero-order chi connectivity index (χ0) is 20.8. The Morgan fingerprint density at radius 3 is 2.90 bits per heavy atom. The normalized spacial score (nSPS) is 20.3. The van der Waals surface area contributed by atoms with Crippen LogP contribution in [0.1, 0.15) is 47.4 Å². The third-order valence-electron chi connectivity index (χ3n) is 6.41. The third kappa shape index (κ3) is 2.98. The van der Waals surface area contributed by atoms with Crippen LogP contribution >= 0.6 is 0 Å². The topological polar surface area (TPSA) is 88.8 Å². The number of aromatic amines is 1. The van der Waals surface area contributed by atoms with Crippen LogP contribution < -0.4 is 5.56 Å². The standard InChI is InChI=1S/C22H26N6O2/c1-3-8-28-14(2)18(10-25-28)21(29)26-11-15-9-16(13-26)19-5-4-17(20-23-6-7-24-20)22(30)27(19)12-15/h4-7,10,15-16H,3,8-9,11-13H2,1-2H3,(H,23,24)/t15-,16+/m0/s1. The molecular weight excluding hydrogens is 380 g/mol. The number of hydrogen-bond acceptors (Lipinski definition) is 4. The van der Waals surface area contributed by atoms with Crippen molar-refractivity contribution in [2.75, 3.05) is 13.1 Å². The van der Waals surface area contributed by atoms with E-state index in [1.54, 1.807) is 18.6 Å². The molecule has 8 nitrogen and oxygen atoms in total. The molecule has 156 valence electrons. The van der Waals surface area contributed by atoms with Gasteiger partial charge in [-0.15, -0.1) is 0 Å². The van der Waals surface area contributed by atoms with Crippen LogP contribution in [0.2, 0.25) is 0 Å². The molecule has 2 aliphatic heterocycles. The van der Waals surface area contributed by atoms with Gasteiger partial charge in [-0.3, -0.25) is 14.3 Å². The van der Waals surface area contributed by atoms with Gasteiger partial charge >= 0.3 is 0 Å². The Morgan fingerprint density at radius 1 is 1.27 bits per heavy atom. The number of piperidine rings is 1. The van der Waals surface area contributed by atoms with Crippen LogP contribution in [0.5, 0.6) is 0 Å². The van der Waals surface area contributed by atoms with Crippen molar-refractivity contribution >= 4 is 5.91 Å². The molecule has 0 spiro atoms. The summed E-state index contributed by atoms with van der Waals surface area (Å²) in [5.41, 5.74) is 3.22. The molecule has 1 amide bonds. The van der Waals surface area contributed by atoms with Gasteiger partial charge in [0.05, 0.1) is 17.3 Å². The zero-order valence-electron chi connectivity index (χ0n) is 17.3. The van der Waals surface area contributed by atoms with E-state index in [1.807, 2.05) is 33.2 Å². The summed E-state index contributed by atoms with van der Waals surface area (Å²) in [7, 11) is 0. The molecule has 2 atom stereocenters. The highest BCUT2D eigenvalue weighted by Gasteiger charge is 2.37. The number of fused-ring (bicyclic) bond motifs is 4. The van der Waals surface area contributed by atoms with E-state index in [0.29, 0.717) is 36.6 Å². The summed E-state index contributed by atoms with van der Waals surface area (Å²) in [6, 6.07) is 3.88. The maximum atomic E-state index is 13.2. The average molecular weight is 406 g/mol. The fourth-order valence-corrected chi connectivity index (χ4v) is 4.97. The van der Waals surface area contributed by atoms with Gasteiger partial charge in [0.2, 0.25) is 0 Å². The number of aryl methyl sites for hydroxylation is 1. The average Bonchev–Trinajstić information content (AvgIpc) is 3.39. The molecule has 5 rings (SSSR count). The number of nitrogens with zero attached hydrogens (tertiary/aromatic N) is 5. The van der Waals surface area contributed by atoms with Gasteiger partial charge < -0.3 is 14.5 Å². The fourth-order valence-electron chi connectivity index (χ4n) is 4.97. The number of likely N-dealkylation sites (tertiary alicyclic amines) is 1. The van der Waals surface area contributed by atoms with Gasteiger partial charge in [0.1, 0.15) is 5.82 Å². The van der Waals surface area contributed by atoms with Crippen molar-refractivity contribution in [1.29, 1.82) is 0 Å². The highest BCUT2D eigenvalue weighted by Crippen LogP contribution is 2.36. The van der Waals surface area contributed by atoms with Crippen molar-refractivity contribution in [3.8, 4) is 11.4 Å². The minimum atomic E-state index is -0.00591. The van der Waals surface area contributed by atoms with Gasteiger partial charge in [-0.1, -0.05) is 6.92 Å². The second-order valence-corrected chi connectivity index (χ2v) is 8.40. The summed E-state index contributed by atoms with van der Waals surface area (Å²) in [4.78, 5) is 35.6. The quantitative estimate of drug-likeness (QED) is 0.721. The second-order valence-electron chi connectivity index (χ2n) is 8.40. The lowest BCUT2D eigenvalue weighted by Crippen LogP contribution is -2.49. The third-order valence-corrected chi connectivity index (χ3v) is 6.41. The van der Waals surface area contributed by atoms with Crippen LogP contribution in [0, 0.1) is 12.8 Å². The second kappa shape index (κ2) is 7.27. The Hall–Kier alpha value is -3.16. The molecule has 0 unspecified atom stereocenters. The summed E-state index contributed by atoms with van der Waals surface area (Å²) < 4.78 is 3.80. The van der Waals surface area contributed by atoms with Crippen LogP contribution in [0.4, 0.5) is 0 Å². The molecule has 0 radical (unpaired) electrons. The first kappa shape index (κ1) is 18.8. The number of aromatic nitrogens is 5. The minimum Gasteiger partial charge on any atom is -0.344 e. The molecule has 0 aliphatic carbocycles. The van der Waals surface area contributed by atoms with Crippen molar-refractivity contribution in [3.63, 3.8) is 0 Å². The van der Waals surface area contributed by atoms with E-state index in [4.69, 9.17) is 0 Å². The van der Waals surface area contributed by atoms with E-state index >= 15 is 0 Å². The monoisotopic (exact) mass is 406 g/mol. The number of hydrogen-bond donors (Lipinski definition) is 1. The first-order valence-corrected chi connectivity index (χ1v) is 10.6. The van der Waals surface area contributed by atoms with Crippen LogP contribution in [0.3, 0.4) is 0 Å². The van der Waals surface area contributed by atoms with Crippen molar-refractivity contribution < 1.29 is 4.79 Å². The first-order chi connectivity index (χ1) is 14.6. The Balaban J connectivity index is 1.43. The molecule has 1 N–H and O–H groups in total. The van der Waals surface area contributed by atoms with E-state index in [-0.39, 0.29) is 23.3 Å². The van der Waals surface area contributed by atoms with Crippen LogP contribution in [0.15, 0.2) is 35.5 Å². The smallest absolute Gasteiger partial charge is 0.261 e. The van der Waals surface area contributed by atoms with Crippen LogP contribution in [-0.2, 0) is 13.1 Å². The van der Waals surface area contributed by atoms with Crippen molar-refractivity contribution in [1.82, 2.24) is 29.2 Å². The number of pyridine rings is 1. The van der Waals surface area contributed by atoms with Gasteiger partial charge in [-0.05, 0) is 37.8 Å². The summed E-state index contributed by atoms with van der Waals surface area (Å²) in [5, 5.41) is 4.39. The molecular formula is C22H26N6O2. The largest absolute Gasteiger partial charge is 0.344 e. The predicted octanol–water partition coefficient (Wildman–Crippen LogP) is 2.41. The number of nitrogens with one attached hydrogen (secondary N) is 1. The molecule has 1 saturated heterocycles. The number of imidazole rings is 1.